The Hall–Kier alpha value is -2.75. The molecule has 2 aliphatic rings. The van der Waals surface area contributed by atoms with Gasteiger partial charge in [-0.05, 0) is 41.7 Å². The van der Waals surface area contributed by atoms with Gasteiger partial charge in [-0.15, -0.1) is 11.3 Å². The molecule has 1 atom stereocenters. The van der Waals surface area contributed by atoms with Crippen molar-refractivity contribution in [2.75, 3.05) is 26.1 Å². The molecule has 36 heavy (non-hydrogen) atoms. The number of sulfonamides is 1. The third kappa shape index (κ3) is 4.92. The Labute approximate surface area is 221 Å². The van der Waals surface area contributed by atoms with Gasteiger partial charge >= 0.3 is 0 Å². The van der Waals surface area contributed by atoms with E-state index in [1.165, 1.54) is 20.2 Å². The lowest BCUT2D eigenvalue weighted by Crippen LogP contribution is -2.29. The third-order valence-electron chi connectivity index (χ3n) is 6.04. The summed E-state index contributed by atoms with van der Waals surface area (Å²) in [5.74, 6) is 0.471. The first kappa shape index (κ1) is 26.3. The number of ether oxygens (including phenoxy) is 2. The highest BCUT2D eigenvalue weighted by atomic mass is 35.5. The van der Waals surface area contributed by atoms with Gasteiger partial charge in [-0.1, -0.05) is 50.6 Å². The zero-order valence-corrected chi connectivity index (χ0v) is 23.4. The molecule has 1 heterocycles. The van der Waals surface area contributed by atoms with Crippen molar-refractivity contribution in [2.45, 2.75) is 38.0 Å². The van der Waals surface area contributed by atoms with E-state index in [1.54, 1.807) is 18.2 Å². The molecule has 1 amide bonds. The van der Waals surface area contributed by atoms with E-state index in [0.717, 1.165) is 26.8 Å². The first-order chi connectivity index (χ1) is 16.9. The number of likely N-dealkylation sites (N-methyl/N-ethyl adjacent to an activating group) is 1. The Morgan fingerprint density at radius 2 is 1.89 bits per heavy atom. The molecule has 0 spiro atoms. The van der Waals surface area contributed by atoms with Crippen LogP contribution >= 0.6 is 22.9 Å². The highest BCUT2D eigenvalue weighted by Gasteiger charge is 2.43. The number of rotatable bonds is 8. The number of nitrogens with one attached hydrogen (secondary N) is 1. The smallest absolute Gasteiger partial charge is 0.267 e. The zero-order valence-electron chi connectivity index (χ0n) is 21.0. The first-order valence-corrected chi connectivity index (χ1v) is 14.1. The number of carbonyl (C=O) groups excluding carboxylic acids is 1. The molecule has 0 bridgehead atoms. The number of halogens is 1. The fraction of sp³-hybridized carbons (Fsp3) is 0.346. The van der Waals surface area contributed by atoms with Crippen molar-refractivity contribution in [1.82, 2.24) is 4.31 Å². The third-order valence-corrected chi connectivity index (χ3v) is 9.23. The van der Waals surface area contributed by atoms with E-state index < -0.39 is 15.9 Å². The Bertz CT molecular complexity index is 1400. The summed E-state index contributed by atoms with van der Waals surface area (Å²) in [4.78, 5) is 13.0. The second kappa shape index (κ2) is 9.61. The Morgan fingerprint density at radius 3 is 2.47 bits per heavy atom. The molecular weight excluding hydrogens is 520 g/mol. The van der Waals surface area contributed by atoms with Gasteiger partial charge in [-0.3, -0.25) is 9.10 Å². The average molecular weight is 549 g/mol. The van der Waals surface area contributed by atoms with E-state index in [2.05, 4.69) is 26.1 Å². The molecular formula is C26H29ClN2O5S2. The minimum Gasteiger partial charge on any atom is -0.493 e. The van der Waals surface area contributed by atoms with Crippen LogP contribution < -0.4 is 5.32 Å². The van der Waals surface area contributed by atoms with Gasteiger partial charge in [0.1, 0.15) is 15.5 Å². The number of allylic oxidation sites excluding steroid dienone is 3. The van der Waals surface area contributed by atoms with Gasteiger partial charge in [0.05, 0.1) is 29.7 Å². The summed E-state index contributed by atoms with van der Waals surface area (Å²) in [6.45, 7) is 8.66. The maximum absolute atomic E-state index is 13.7. The van der Waals surface area contributed by atoms with Crippen LogP contribution in [0.3, 0.4) is 0 Å². The maximum atomic E-state index is 13.7. The number of hydrogen-bond acceptors (Lipinski definition) is 6. The number of methoxy groups -OCH3 is 1. The summed E-state index contributed by atoms with van der Waals surface area (Å²) in [7, 11) is -1.14. The first-order valence-electron chi connectivity index (χ1n) is 11.4. The van der Waals surface area contributed by atoms with Crippen LogP contribution in [-0.4, -0.2) is 39.4 Å². The van der Waals surface area contributed by atoms with Crippen molar-refractivity contribution >= 4 is 44.6 Å². The normalized spacial score (nSPS) is 17.1. The minimum atomic E-state index is -4.11. The molecule has 10 heteroatoms. The molecule has 1 N–H and O–H groups in total. The largest absolute Gasteiger partial charge is 0.493 e. The van der Waals surface area contributed by atoms with Gasteiger partial charge in [0.25, 0.3) is 15.9 Å². The standard InChI is InChI=1S/C26H29ClN2O5S2/c1-7-34-23-18-12-17(18)19(13-20(23)33-6)29(5)36(31,32)21-14-22(27)35-24(21)25(30)28-16-10-8-15(9-11-16)26(2,3)4/h8-14,18H,7H2,1-6H3,(H,28,30)/t18-/m0/s1. The molecule has 0 unspecified atom stereocenters. The van der Waals surface area contributed by atoms with Crippen LogP contribution in [-0.2, 0) is 24.9 Å². The SMILES string of the molecule is CCOC1=C(OC)C=C(N(C)S(=O)(=O)c2cc(Cl)sc2C(=O)Nc2ccc(C(C)(C)C)cc2)C2=C[C@@H]21. The fourth-order valence-corrected chi connectivity index (χ4v) is 6.89. The van der Waals surface area contributed by atoms with E-state index in [9.17, 15) is 13.2 Å². The molecule has 0 fully saturated rings. The van der Waals surface area contributed by atoms with Crippen molar-refractivity contribution in [3.63, 3.8) is 0 Å². The van der Waals surface area contributed by atoms with Crippen molar-refractivity contribution < 1.29 is 22.7 Å². The molecule has 192 valence electrons. The molecule has 0 aliphatic heterocycles. The van der Waals surface area contributed by atoms with Crippen molar-refractivity contribution in [3.05, 3.63) is 80.0 Å². The van der Waals surface area contributed by atoms with Gasteiger partial charge in [0.2, 0.25) is 0 Å². The number of nitrogens with zero attached hydrogens (tertiary/aromatic N) is 1. The van der Waals surface area contributed by atoms with E-state index in [4.69, 9.17) is 21.1 Å². The highest BCUT2D eigenvalue weighted by molar-refractivity contribution is 7.89. The lowest BCUT2D eigenvalue weighted by atomic mass is 9.87. The summed E-state index contributed by atoms with van der Waals surface area (Å²) in [6.07, 6.45) is 3.56. The summed E-state index contributed by atoms with van der Waals surface area (Å²) < 4.78 is 39.9. The van der Waals surface area contributed by atoms with E-state index in [0.29, 0.717) is 29.5 Å². The van der Waals surface area contributed by atoms with Gasteiger partial charge in [0.15, 0.2) is 5.76 Å². The predicted molar refractivity (Wildman–Crippen MR) is 143 cm³/mol. The average Bonchev–Trinajstić information content (AvgIpc) is 3.52. The molecule has 4 rings (SSSR count). The van der Waals surface area contributed by atoms with Crippen LogP contribution in [0.1, 0.15) is 42.9 Å². The van der Waals surface area contributed by atoms with Crippen molar-refractivity contribution in [1.29, 1.82) is 0 Å². The number of thiophene rings is 1. The lowest BCUT2D eigenvalue weighted by Gasteiger charge is -2.26. The van der Waals surface area contributed by atoms with Crippen LogP contribution in [0.4, 0.5) is 5.69 Å². The van der Waals surface area contributed by atoms with Gasteiger partial charge < -0.3 is 14.8 Å². The summed E-state index contributed by atoms with van der Waals surface area (Å²) in [5.41, 5.74) is 2.95. The zero-order chi connectivity index (χ0) is 26.4. The van der Waals surface area contributed by atoms with Crippen LogP contribution in [0.25, 0.3) is 0 Å². The Kier molecular flexibility index (Phi) is 7.02. The Balaban J connectivity index is 1.62. The fourth-order valence-electron chi connectivity index (χ4n) is 3.99. The molecule has 0 radical (unpaired) electrons. The molecule has 7 nitrogen and oxygen atoms in total. The van der Waals surface area contributed by atoms with Gasteiger partial charge in [-0.25, -0.2) is 8.42 Å². The molecule has 2 aliphatic carbocycles. The molecule has 1 aromatic heterocycles. The van der Waals surface area contributed by atoms with Gasteiger partial charge in [0, 0.05) is 18.8 Å². The minimum absolute atomic E-state index is 0.0157. The number of benzene rings is 1. The number of fused-ring (bicyclic) bond motifs is 1. The molecule has 2 aromatic rings. The summed E-state index contributed by atoms with van der Waals surface area (Å²) >= 11 is 7.12. The highest BCUT2D eigenvalue weighted by Crippen LogP contribution is 2.48. The predicted octanol–water partition coefficient (Wildman–Crippen LogP) is 5.92. The van der Waals surface area contributed by atoms with Crippen molar-refractivity contribution in [3.8, 4) is 0 Å². The number of anilines is 1. The summed E-state index contributed by atoms with van der Waals surface area (Å²) in [6, 6.07) is 8.80. The topological polar surface area (TPSA) is 84.9 Å². The molecule has 0 saturated heterocycles. The summed E-state index contributed by atoms with van der Waals surface area (Å²) in [5, 5.41) is 2.79. The number of hydrogen-bond donors (Lipinski definition) is 1. The van der Waals surface area contributed by atoms with Crippen LogP contribution in [0.5, 0.6) is 0 Å². The quantitative estimate of drug-likeness (QED) is 0.442. The number of amides is 1. The van der Waals surface area contributed by atoms with Crippen LogP contribution in [0.2, 0.25) is 4.34 Å². The van der Waals surface area contributed by atoms with E-state index in [1.807, 2.05) is 25.1 Å². The maximum Gasteiger partial charge on any atom is 0.267 e. The van der Waals surface area contributed by atoms with Crippen molar-refractivity contribution in [2.24, 2.45) is 5.92 Å². The number of carbonyl (C=O) groups is 1. The van der Waals surface area contributed by atoms with E-state index >= 15 is 0 Å². The Morgan fingerprint density at radius 1 is 1.22 bits per heavy atom. The second-order valence-electron chi connectivity index (χ2n) is 9.49. The van der Waals surface area contributed by atoms with E-state index in [-0.39, 0.29) is 25.4 Å². The van der Waals surface area contributed by atoms with Gasteiger partial charge in [-0.2, -0.15) is 0 Å². The lowest BCUT2D eigenvalue weighted by molar-refractivity contribution is 0.102. The molecule has 1 aromatic carbocycles. The van der Waals surface area contributed by atoms with Crippen LogP contribution in [0.15, 0.2) is 70.2 Å². The second-order valence-corrected chi connectivity index (χ2v) is 13.1. The molecule has 0 saturated carbocycles. The van der Waals surface area contributed by atoms with Crippen LogP contribution in [0, 0.1) is 5.92 Å². The monoisotopic (exact) mass is 548 g/mol.